The second-order valence-corrected chi connectivity index (χ2v) is 10.1. The van der Waals surface area contributed by atoms with E-state index in [2.05, 4.69) is 57.8 Å². The van der Waals surface area contributed by atoms with E-state index in [0.29, 0.717) is 0 Å². The van der Waals surface area contributed by atoms with Crippen LogP contribution in [0.15, 0.2) is 48.0 Å². The van der Waals surface area contributed by atoms with Gasteiger partial charge >= 0.3 is 0 Å². The van der Waals surface area contributed by atoms with Crippen LogP contribution in [0.4, 0.5) is 0 Å². The van der Waals surface area contributed by atoms with E-state index in [1.165, 1.54) is 76.2 Å². The van der Waals surface area contributed by atoms with Gasteiger partial charge in [-0.15, -0.1) is 6.58 Å². The minimum absolute atomic E-state index is 0.824. The fourth-order valence-electron chi connectivity index (χ4n) is 5.62. The lowest BCUT2D eigenvalue weighted by Gasteiger charge is -2.37. The third kappa shape index (κ3) is 7.91. The van der Waals surface area contributed by atoms with Crippen LogP contribution < -0.4 is 4.74 Å². The van der Waals surface area contributed by atoms with Gasteiger partial charge in [0.15, 0.2) is 0 Å². The molecule has 166 valence electrons. The highest BCUT2D eigenvalue weighted by molar-refractivity contribution is 9.11. The molecule has 0 amide bonds. The number of hydrogen-bond acceptors (Lipinski definition) is 1. The second-order valence-electron chi connectivity index (χ2n) is 9.59. The second kappa shape index (κ2) is 13.4. The largest absolute Gasteiger partial charge is 0.494 e. The summed E-state index contributed by atoms with van der Waals surface area (Å²) in [6, 6.07) is 8.69. The van der Waals surface area contributed by atoms with Crippen LogP contribution in [-0.4, -0.2) is 6.61 Å². The van der Waals surface area contributed by atoms with Gasteiger partial charge in [-0.25, -0.2) is 0 Å². The molecule has 0 N–H and O–H groups in total. The van der Waals surface area contributed by atoms with Crippen molar-refractivity contribution in [2.24, 2.45) is 23.7 Å². The molecule has 2 heteroatoms. The lowest BCUT2D eigenvalue weighted by Crippen LogP contribution is -2.25. The van der Waals surface area contributed by atoms with E-state index in [1.807, 2.05) is 6.08 Å². The Morgan fingerprint density at radius 3 is 2.20 bits per heavy atom. The van der Waals surface area contributed by atoms with Gasteiger partial charge < -0.3 is 4.74 Å². The third-order valence-corrected chi connectivity index (χ3v) is 7.85. The van der Waals surface area contributed by atoms with E-state index in [1.54, 1.807) is 0 Å². The SMILES string of the molecule is C=CCCCc1ccc(OCCCC2CCC(C3CCC(/C=C/Br)CC3)CC2)cc1. The molecule has 2 aliphatic carbocycles. The summed E-state index contributed by atoms with van der Waals surface area (Å²) in [5.41, 5.74) is 1.40. The predicted molar refractivity (Wildman–Crippen MR) is 133 cm³/mol. The number of aryl methyl sites for hydroxylation is 1. The Bertz CT molecular complexity index is 619. The number of ether oxygens (including phenoxy) is 1. The molecule has 2 saturated carbocycles. The molecule has 1 aromatic carbocycles. The quantitative estimate of drug-likeness (QED) is 0.230. The molecule has 0 radical (unpaired) electrons. The van der Waals surface area contributed by atoms with E-state index in [0.717, 1.165) is 48.9 Å². The first-order valence-corrected chi connectivity index (χ1v) is 13.3. The first kappa shape index (κ1) is 23.6. The summed E-state index contributed by atoms with van der Waals surface area (Å²) >= 11 is 3.44. The summed E-state index contributed by atoms with van der Waals surface area (Å²) < 4.78 is 6.00. The van der Waals surface area contributed by atoms with Gasteiger partial charge in [0.2, 0.25) is 0 Å². The van der Waals surface area contributed by atoms with Crippen LogP contribution in [0.3, 0.4) is 0 Å². The Hall–Kier alpha value is -1.02. The van der Waals surface area contributed by atoms with Crippen molar-refractivity contribution in [3.63, 3.8) is 0 Å². The summed E-state index contributed by atoms with van der Waals surface area (Å²) in [5.74, 6) is 4.80. The summed E-state index contributed by atoms with van der Waals surface area (Å²) in [6.07, 6.45) is 21.9. The van der Waals surface area contributed by atoms with Gasteiger partial charge in [0.25, 0.3) is 0 Å². The Morgan fingerprint density at radius 1 is 0.900 bits per heavy atom. The van der Waals surface area contributed by atoms with Gasteiger partial charge in [0, 0.05) is 0 Å². The van der Waals surface area contributed by atoms with Gasteiger partial charge in [-0.1, -0.05) is 53.1 Å². The van der Waals surface area contributed by atoms with Gasteiger partial charge in [0.05, 0.1) is 6.61 Å². The van der Waals surface area contributed by atoms with E-state index in [-0.39, 0.29) is 0 Å². The molecule has 0 bridgehead atoms. The van der Waals surface area contributed by atoms with Crippen molar-refractivity contribution in [1.29, 1.82) is 0 Å². The van der Waals surface area contributed by atoms with Crippen LogP contribution in [0.1, 0.15) is 82.6 Å². The molecular weight excluding hydrogens is 432 g/mol. The number of halogens is 1. The predicted octanol–water partition coefficient (Wildman–Crippen LogP) is 8.88. The molecule has 0 spiro atoms. The van der Waals surface area contributed by atoms with Crippen molar-refractivity contribution in [3.8, 4) is 5.75 Å². The monoisotopic (exact) mass is 472 g/mol. The molecule has 0 saturated heterocycles. The van der Waals surface area contributed by atoms with E-state index in [4.69, 9.17) is 4.74 Å². The highest BCUT2D eigenvalue weighted by atomic mass is 79.9. The minimum Gasteiger partial charge on any atom is -0.494 e. The molecule has 0 aliphatic heterocycles. The number of benzene rings is 1. The fourth-order valence-corrected chi connectivity index (χ4v) is 6.06. The molecule has 1 aromatic rings. The van der Waals surface area contributed by atoms with Crippen LogP contribution in [0.5, 0.6) is 5.75 Å². The third-order valence-electron chi connectivity index (χ3n) is 7.54. The van der Waals surface area contributed by atoms with Crippen molar-refractivity contribution in [2.45, 2.75) is 83.5 Å². The number of hydrogen-bond donors (Lipinski definition) is 0. The van der Waals surface area contributed by atoms with Gasteiger partial charge in [-0.2, -0.15) is 0 Å². The van der Waals surface area contributed by atoms with Gasteiger partial charge in [0.1, 0.15) is 5.75 Å². The smallest absolute Gasteiger partial charge is 0.119 e. The number of rotatable bonds is 11. The summed E-state index contributed by atoms with van der Waals surface area (Å²) in [6.45, 7) is 4.65. The molecule has 0 atom stereocenters. The molecule has 30 heavy (non-hydrogen) atoms. The van der Waals surface area contributed by atoms with E-state index in [9.17, 15) is 0 Å². The molecule has 0 unspecified atom stereocenters. The number of unbranched alkanes of at least 4 members (excludes halogenated alkanes) is 1. The molecule has 0 heterocycles. The van der Waals surface area contributed by atoms with Crippen molar-refractivity contribution in [3.05, 3.63) is 53.5 Å². The molecule has 2 fully saturated rings. The molecule has 1 nitrogen and oxygen atoms in total. The Kier molecular flexibility index (Phi) is 10.6. The summed E-state index contributed by atoms with van der Waals surface area (Å²) in [5, 5.41) is 0. The zero-order valence-electron chi connectivity index (χ0n) is 18.7. The van der Waals surface area contributed by atoms with Gasteiger partial charge in [-0.3, -0.25) is 0 Å². The summed E-state index contributed by atoms with van der Waals surface area (Å²) in [4.78, 5) is 2.06. The Balaban J connectivity index is 1.26. The highest BCUT2D eigenvalue weighted by Gasteiger charge is 2.30. The average molecular weight is 474 g/mol. The van der Waals surface area contributed by atoms with E-state index >= 15 is 0 Å². The van der Waals surface area contributed by atoms with Crippen LogP contribution in [0, 0.1) is 23.7 Å². The molecule has 0 aromatic heterocycles. The van der Waals surface area contributed by atoms with Crippen molar-refractivity contribution < 1.29 is 4.74 Å². The first-order chi connectivity index (χ1) is 14.8. The standard InChI is InChI=1S/C28H41BrO/c1-2-3-4-6-23-12-18-28(19-13-23)30-22-5-7-24-8-14-26(15-9-24)27-16-10-25(11-17-27)20-21-29/h2,12-13,18-21,24-27H,1,3-11,14-17,22H2/b21-20+. The fraction of sp³-hybridized carbons (Fsp3) is 0.643. The maximum absolute atomic E-state index is 6.00. The normalized spacial score (nSPS) is 27.2. The maximum atomic E-state index is 6.00. The lowest BCUT2D eigenvalue weighted by atomic mass is 9.69. The topological polar surface area (TPSA) is 9.23 Å². The van der Waals surface area contributed by atoms with Crippen LogP contribution in [-0.2, 0) is 6.42 Å². The van der Waals surface area contributed by atoms with Crippen LogP contribution in [0.25, 0.3) is 0 Å². The summed E-state index contributed by atoms with van der Waals surface area (Å²) in [7, 11) is 0. The molecular formula is C28H41BrO. The first-order valence-electron chi connectivity index (χ1n) is 12.4. The highest BCUT2D eigenvalue weighted by Crippen LogP contribution is 2.42. The van der Waals surface area contributed by atoms with E-state index < -0.39 is 0 Å². The minimum atomic E-state index is 0.824. The Labute approximate surface area is 193 Å². The van der Waals surface area contributed by atoms with Crippen molar-refractivity contribution in [1.82, 2.24) is 0 Å². The number of allylic oxidation sites excluding steroid dienone is 2. The molecule has 3 rings (SSSR count). The maximum Gasteiger partial charge on any atom is 0.119 e. The van der Waals surface area contributed by atoms with Crippen LogP contribution in [0.2, 0.25) is 0 Å². The van der Waals surface area contributed by atoms with Gasteiger partial charge in [-0.05, 0) is 117 Å². The zero-order valence-corrected chi connectivity index (χ0v) is 20.3. The van der Waals surface area contributed by atoms with Crippen LogP contribution >= 0.6 is 15.9 Å². The van der Waals surface area contributed by atoms with Crippen molar-refractivity contribution in [2.75, 3.05) is 6.61 Å². The lowest BCUT2D eigenvalue weighted by molar-refractivity contribution is 0.149. The zero-order chi connectivity index (χ0) is 21.0. The average Bonchev–Trinajstić information content (AvgIpc) is 2.79. The molecule has 2 aliphatic rings. The van der Waals surface area contributed by atoms with Crippen molar-refractivity contribution >= 4 is 15.9 Å². The Morgan fingerprint density at radius 2 is 1.57 bits per heavy atom.